The Kier molecular flexibility index (Phi) is 5.77. The van der Waals surface area contributed by atoms with Gasteiger partial charge in [0.1, 0.15) is 6.61 Å². The van der Waals surface area contributed by atoms with E-state index in [9.17, 15) is 4.39 Å². The highest BCUT2D eigenvalue weighted by Gasteiger charge is 2.03. The summed E-state index contributed by atoms with van der Waals surface area (Å²) in [7, 11) is 0. The van der Waals surface area contributed by atoms with E-state index in [1.54, 1.807) is 12.1 Å². The van der Waals surface area contributed by atoms with Crippen molar-refractivity contribution in [2.75, 3.05) is 13.2 Å². The maximum Gasteiger partial charge on any atom is 0.166 e. The van der Waals surface area contributed by atoms with E-state index in [1.165, 1.54) is 6.07 Å². The molecule has 0 fully saturated rings. The molecule has 16 heavy (non-hydrogen) atoms. The Bertz CT molecular complexity index is 333. The predicted octanol–water partition coefficient (Wildman–Crippen LogP) is 3.36. The Hall–Kier alpha value is -0.610. The number of hydrogen-bond donors (Lipinski definition) is 1. The van der Waals surface area contributed by atoms with Gasteiger partial charge in [-0.25, -0.2) is 4.39 Å². The van der Waals surface area contributed by atoms with Crippen molar-refractivity contribution in [2.45, 2.75) is 26.3 Å². The molecule has 1 aromatic rings. The van der Waals surface area contributed by atoms with E-state index in [1.807, 2.05) is 0 Å². The SMILES string of the molecule is CCC(C)NCCOc1ccc(Br)cc1F. The molecule has 1 rings (SSSR count). The van der Waals surface area contributed by atoms with Gasteiger partial charge in [0.15, 0.2) is 11.6 Å². The summed E-state index contributed by atoms with van der Waals surface area (Å²) in [6.45, 7) is 5.43. The molecule has 0 aromatic heterocycles. The number of nitrogens with one attached hydrogen (secondary N) is 1. The Morgan fingerprint density at radius 2 is 2.25 bits per heavy atom. The molecule has 0 aliphatic heterocycles. The zero-order valence-corrected chi connectivity index (χ0v) is 11.2. The Morgan fingerprint density at radius 1 is 1.50 bits per heavy atom. The van der Waals surface area contributed by atoms with Gasteiger partial charge in [0.2, 0.25) is 0 Å². The van der Waals surface area contributed by atoms with Gasteiger partial charge in [-0.15, -0.1) is 0 Å². The van der Waals surface area contributed by atoms with Crippen LogP contribution in [0.4, 0.5) is 4.39 Å². The topological polar surface area (TPSA) is 21.3 Å². The molecule has 1 aromatic carbocycles. The van der Waals surface area contributed by atoms with Gasteiger partial charge in [0.25, 0.3) is 0 Å². The van der Waals surface area contributed by atoms with E-state index in [0.717, 1.165) is 17.4 Å². The van der Waals surface area contributed by atoms with Gasteiger partial charge in [-0.05, 0) is 31.5 Å². The molecule has 1 atom stereocenters. The number of halogens is 2. The van der Waals surface area contributed by atoms with Crippen LogP contribution in [-0.2, 0) is 0 Å². The molecule has 1 N–H and O–H groups in total. The molecule has 90 valence electrons. The third kappa shape index (κ3) is 4.49. The smallest absolute Gasteiger partial charge is 0.166 e. The van der Waals surface area contributed by atoms with E-state index in [-0.39, 0.29) is 5.82 Å². The first-order valence-corrected chi connectivity index (χ1v) is 6.24. The quantitative estimate of drug-likeness (QED) is 0.811. The van der Waals surface area contributed by atoms with Crippen LogP contribution in [0, 0.1) is 5.82 Å². The van der Waals surface area contributed by atoms with Gasteiger partial charge in [-0.2, -0.15) is 0 Å². The number of rotatable bonds is 6. The van der Waals surface area contributed by atoms with Gasteiger partial charge < -0.3 is 10.1 Å². The molecule has 0 spiro atoms. The van der Waals surface area contributed by atoms with Gasteiger partial charge >= 0.3 is 0 Å². The lowest BCUT2D eigenvalue weighted by Crippen LogP contribution is -2.29. The molecule has 0 amide bonds. The van der Waals surface area contributed by atoms with Gasteiger partial charge in [0, 0.05) is 17.1 Å². The van der Waals surface area contributed by atoms with Crippen LogP contribution < -0.4 is 10.1 Å². The molecule has 1 unspecified atom stereocenters. The van der Waals surface area contributed by atoms with Crippen molar-refractivity contribution in [3.63, 3.8) is 0 Å². The van der Waals surface area contributed by atoms with Crippen LogP contribution in [0.2, 0.25) is 0 Å². The van der Waals surface area contributed by atoms with Gasteiger partial charge in [-0.1, -0.05) is 22.9 Å². The first-order valence-electron chi connectivity index (χ1n) is 5.44. The first kappa shape index (κ1) is 13.5. The van der Waals surface area contributed by atoms with E-state index in [4.69, 9.17) is 4.74 Å². The fourth-order valence-electron chi connectivity index (χ4n) is 1.20. The minimum absolute atomic E-state index is 0.300. The fraction of sp³-hybridized carbons (Fsp3) is 0.500. The molecule has 4 heteroatoms. The summed E-state index contributed by atoms with van der Waals surface area (Å²) in [6.07, 6.45) is 1.08. The predicted molar refractivity (Wildman–Crippen MR) is 67.4 cm³/mol. The minimum Gasteiger partial charge on any atom is -0.489 e. The highest BCUT2D eigenvalue weighted by Crippen LogP contribution is 2.21. The highest BCUT2D eigenvalue weighted by molar-refractivity contribution is 9.10. The Morgan fingerprint density at radius 3 is 2.88 bits per heavy atom. The summed E-state index contributed by atoms with van der Waals surface area (Å²) in [5.41, 5.74) is 0. The van der Waals surface area contributed by atoms with Crippen LogP contribution in [-0.4, -0.2) is 19.2 Å². The molecule has 2 nitrogen and oxygen atoms in total. The average Bonchev–Trinajstić information content (AvgIpc) is 2.26. The maximum absolute atomic E-state index is 13.3. The van der Waals surface area contributed by atoms with Crippen LogP contribution in [0.15, 0.2) is 22.7 Å². The summed E-state index contributed by atoms with van der Waals surface area (Å²) in [6, 6.07) is 5.26. The van der Waals surface area contributed by atoms with Gasteiger partial charge in [0.05, 0.1) is 0 Å². The molecule has 0 aliphatic rings. The van der Waals surface area contributed by atoms with Crippen molar-refractivity contribution >= 4 is 15.9 Å². The molecule has 0 bridgehead atoms. The van der Waals surface area contributed by atoms with Crippen molar-refractivity contribution in [3.8, 4) is 5.75 Å². The first-order chi connectivity index (χ1) is 7.63. The Balaban J connectivity index is 2.32. The van der Waals surface area contributed by atoms with Crippen LogP contribution >= 0.6 is 15.9 Å². The zero-order valence-electron chi connectivity index (χ0n) is 9.59. The van der Waals surface area contributed by atoms with E-state index < -0.39 is 0 Å². The van der Waals surface area contributed by atoms with Gasteiger partial charge in [-0.3, -0.25) is 0 Å². The number of ether oxygens (including phenoxy) is 1. The third-order valence-electron chi connectivity index (χ3n) is 2.36. The maximum atomic E-state index is 13.3. The summed E-state index contributed by atoms with van der Waals surface area (Å²) < 4.78 is 19.4. The van der Waals surface area contributed by atoms with E-state index >= 15 is 0 Å². The minimum atomic E-state index is -0.335. The van der Waals surface area contributed by atoms with Crippen molar-refractivity contribution in [2.24, 2.45) is 0 Å². The monoisotopic (exact) mass is 289 g/mol. The molecular formula is C12H17BrFNO. The summed E-state index contributed by atoms with van der Waals surface area (Å²) in [5, 5.41) is 3.28. The standard InChI is InChI=1S/C12H17BrFNO/c1-3-9(2)15-6-7-16-12-5-4-10(13)8-11(12)14/h4-5,8-9,15H,3,6-7H2,1-2H3. The van der Waals surface area contributed by atoms with E-state index in [2.05, 4.69) is 35.1 Å². The number of hydrogen-bond acceptors (Lipinski definition) is 2. The lowest BCUT2D eigenvalue weighted by molar-refractivity contribution is 0.292. The summed E-state index contributed by atoms with van der Waals surface area (Å²) in [5.74, 6) is -0.0351. The lowest BCUT2D eigenvalue weighted by atomic mass is 10.3. The second-order valence-corrected chi connectivity index (χ2v) is 4.60. The van der Waals surface area contributed by atoms with Crippen LogP contribution in [0.1, 0.15) is 20.3 Å². The molecular weight excluding hydrogens is 273 g/mol. The van der Waals surface area contributed by atoms with Crippen LogP contribution in [0.5, 0.6) is 5.75 Å². The normalized spacial score (nSPS) is 12.5. The summed E-state index contributed by atoms with van der Waals surface area (Å²) in [4.78, 5) is 0. The van der Waals surface area contributed by atoms with Crippen molar-refractivity contribution in [1.29, 1.82) is 0 Å². The fourth-order valence-corrected chi connectivity index (χ4v) is 1.54. The van der Waals surface area contributed by atoms with Crippen LogP contribution in [0.25, 0.3) is 0 Å². The van der Waals surface area contributed by atoms with E-state index in [0.29, 0.717) is 18.4 Å². The molecule has 0 saturated heterocycles. The third-order valence-corrected chi connectivity index (χ3v) is 2.85. The molecule has 0 saturated carbocycles. The average molecular weight is 290 g/mol. The largest absolute Gasteiger partial charge is 0.489 e. The zero-order chi connectivity index (χ0) is 12.0. The summed E-state index contributed by atoms with van der Waals surface area (Å²) >= 11 is 3.20. The molecule has 0 radical (unpaired) electrons. The molecule has 0 heterocycles. The lowest BCUT2D eigenvalue weighted by Gasteiger charge is -2.12. The van der Waals surface area contributed by atoms with Crippen LogP contribution in [0.3, 0.4) is 0 Å². The number of benzene rings is 1. The van der Waals surface area contributed by atoms with Crippen molar-refractivity contribution in [3.05, 3.63) is 28.5 Å². The van der Waals surface area contributed by atoms with Crippen molar-refractivity contribution in [1.82, 2.24) is 5.32 Å². The second kappa shape index (κ2) is 6.86. The highest BCUT2D eigenvalue weighted by atomic mass is 79.9. The van der Waals surface area contributed by atoms with Crippen molar-refractivity contribution < 1.29 is 9.13 Å². The second-order valence-electron chi connectivity index (χ2n) is 3.69. The Labute approximate surface area is 104 Å². The molecule has 0 aliphatic carbocycles.